The minimum atomic E-state index is -2.97. The molecule has 2 aromatic rings. The minimum Gasteiger partial charge on any atom is -0.290 e. The van der Waals surface area contributed by atoms with E-state index < -0.39 is 30.2 Å². The smallest absolute Gasteiger partial charge is 0.259 e. The van der Waals surface area contributed by atoms with Gasteiger partial charge in [0.15, 0.2) is 12.0 Å². The number of ketones is 1. The summed E-state index contributed by atoms with van der Waals surface area (Å²) in [6, 6.07) is 8.82. The fourth-order valence-electron chi connectivity index (χ4n) is 2.89. The van der Waals surface area contributed by atoms with Crippen molar-refractivity contribution in [2.45, 2.75) is 31.0 Å². The summed E-state index contributed by atoms with van der Waals surface area (Å²) in [5.74, 6) is -5.39. The number of hydrogen-bond donors (Lipinski definition) is 0. The molecule has 1 aliphatic carbocycles. The van der Waals surface area contributed by atoms with E-state index in [0.29, 0.717) is 0 Å². The highest BCUT2D eigenvalue weighted by Gasteiger charge is 2.62. The van der Waals surface area contributed by atoms with Gasteiger partial charge < -0.3 is 0 Å². The Morgan fingerprint density at radius 3 is 2.59 bits per heavy atom. The Morgan fingerprint density at radius 2 is 1.95 bits per heavy atom. The van der Waals surface area contributed by atoms with Crippen LogP contribution in [0.2, 0.25) is 0 Å². The fraction of sp³-hybridized carbons (Fsp3) is 0.400. The van der Waals surface area contributed by atoms with Crippen LogP contribution in [0.3, 0.4) is 0 Å². The molecule has 0 radical (unpaired) electrons. The van der Waals surface area contributed by atoms with Crippen molar-refractivity contribution < 1.29 is 18.0 Å². The predicted octanol–water partition coefficient (Wildman–Crippen LogP) is 3.12. The first-order valence-electron chi connectivity index (χ1n) is 7.05. The van der Waals surface area contributed by atoms with Crippen molar-refractivity contribution in [2.24, 2.45) is 5.92 Å². The highest BCUT2D eigenvalue weighted by Crippen LogP contribution is 2.50. The summed E-state index contributed by atoms with van der Waals surface area (Å²) in [4.78, 5) is 15.8. The van der Waals surface area contributed by atoms with Crippen molar-refractivity contribution in [3.8, 4) is 0 Å². The van der Waals surface area contributed by atoms with Gasteiger partial charge in [0.05, 0.1) is 12.0 Å². The third-order valence-corrected chi connectivity index (χ3v) is 4.21. The second-order valence-electron chi connectivity index (χ2n) is 5.75. The number of nitrogens with zero attached hydrogens (tertiary/aromatic N) is 3. The van der Waals surface area contributed by atoms with Crippen molar-refractivity contribution in [3.05, 3.63) is 47.5 Å². The van der Waals surface area contributed by atoms with Crippen LogP contribution in [0.15, 0.2) is 30.3 Å². The second kappa shape index (κ2) is 4.41. The lowest BCUT2D eigenvalue weighted by Crippen LogP contribution is -2.13. The number of fused-ring (bicyclic) bond motifs is 1. The molecule has 0 unspecified atom stereocenters. The topological polar surface area (TPSA) is 47.8 Å². The van der Waals surface area contributed by atoms with Gasteiger partial charge in [0.1, 0.15) is 0 Å². The van der Waals surface area contributed by atoms with Crippen LogP contribution in [0.1, 0.15) is 47.1 Å². The van der Waals surface area contributed by atoms with E-state index in [9.17, 15) is 18.0 Å². The third-order valence-electron chi connectivity index (χ3n) is 4.21. The number of alkyl halides is 3. The van der Waals surface area contributed by atoms with E-state index in [4.69, 9.17) is 0 Å². The van der Waals surface area contributed by atoms with Crippen LogP contribution in [-0.2, 0) is 0 Å². The molecule has 1 aromatic heterocycles. The van der Waals surface area contributed by atoms with Gasteiger partial charge in [-0.1, -0.05) is 30.3 Å². The standard InChI is InChI=1S/C15H12F3N3O/c16-10-6-11(8-4-2-1-3-5-8)21-14(10)19-13(20-21)12(22)9-7-15(9,17)18/h1-5,9-11H,6-7H2/t9-,10-,11-/m0/s1. The first-order valence-corrected chi connectivity index (χ1v) is 7.05. The monoisotopic (exact) mass is 307 g/mol. The van der Waals surface area contributed by atoms with Crippen LogP contribution < -0.4 is 0 Å². The number of carbonyl (C=O) groups excluding carboxylic acids is 1. The molecule has 1 aliphatic heterocycles. The van der Waals surface area contributed by atoms with Gasteiger partial charge in [-0.3, -0.25) is 4.79 Å². The molecular formula is C15H12F3N3O. The maximum atomic E-state index is 14.1. The summed E-state index contributed by atoms with van der Waals surface area (Å²) in [7, 11) is 0. The Morgan fingerprint density at radius 1 is 1.27 bits per heavy atom. The van der Waals surface area contributed by atoms with Crippen molar-refractivity contribution in [1.82, 2.24) is 14.8 Å². The van der Waals surface area contributed by atoms with Gasteiger partial charge in [-0.05, 0) is 5.56 Å². The molecule has 4 nitrogen and oxygen atoms in total. The molecule has 4 rings (SSSR count). The van der Waals surface area contributed by atoms with Crippen molar-refractivity contribution >= 4 is 5.78 Å². The van der Waals surface area contributed by atoms with Crippen LogP contribution in [0, 0.1) is 5.92 Å². The Bertz CT molecular complexity index is 744. The first kappa shape index (κ1) is 13.5. The maximum absolute atomic E-state index is 14.1. The molecule has 0 saturated heterocycles. The van der Waals surface area contributed by atoms with E-state index >= 15 is 0 Å². The lowest BCUT2D eigenvalue weighted by Gasteiger charge is -2.11. The molecule has 22 heavy (non-hydrogen) atoms. The van der Waals surface area contributed by atoms with Gasteiger partial charge in [-0.15, -0.1) is 5.10 Å². The highest BCUT2D eigenvalue weighted by atomic mass is 19.3. The Balaban J connectivity index is 1.68. The van der Waals surface area contributed by atoms with Gasteiger partial charge >= 0.3 is 0 Å². The minimum absolute atomic E-state index is 0.0427. The molecule has 1 aromatic carbocycles. The van der Waals surface area contributed by atoms with E-state index in [1.54, 1.807) is 0 Å². The fourth-order valence-corrected chi connectivity index (χ4v) is 2.89. The summed E-state index contributed by atoms with van der Waals surface area (Å²) >= 11 is 0. The Labute approximate surface area is 124 Å². The summed E-state index contributed by atoms with van der Waals surface area (Å²) in [6.07, 6.45) is -1.64. The summed E-state index contributed by atoms with van der Waals surface area (Å²) in [5.41, 5.74) is 0.851. The average molecular weight is 307 g/mol. The van der Waals surface area contributed by atoms with Crippen LogP contribution in [0.25, 0.3) is 0 Å². The van der Waals surface area contributed by atoms with Gasteiger partial charge in [-0.25, -0.2) is 22.8 Å². The van der Waals surface area contributed by atoms with Gasteiger partial charge in [0.2, 0.25) is 11.6 Å². The highest BCUT2D eigenvalue weighted by molar-refractivity contribution is 5.97. The van der Waals surface area contributed by atoms with Crippen LogP contribution in [-0.4, -0.2) is 26.5 Å². The Hall–Kier alpha value is -2.18. The maximum Gasteiger partial charge on any atom is 0.259 e. The third kappa shape index (κ3) is 1.95. The van der Waals surface area contributed by atoms with Gasteiger partial charge in [-0.2, -0.15) is 0 Å². The largest absolute Gasteiger partial charge is 0.290 e. The van der Waals surface area contributed by atoms with Crippen LogP contribution >= 0.6 is 0 Å². The molecule has 3 atom stereocenters. The van der Waals surface area contributed by atoms with Crippen LogP contribution in [0.5, 0.6) is 0 Å². The number of aromatic nitrogens is 3. The predicted molar refractivity (Wildman–Crippen MR) is 70.5 cm³/mol. The number of Topliss-reactive ketones (excluding diaryl/α,β-unsaturated/α-hetero) is 1. The zero-order valence-electron chi connectivity index (χ0n) is 11.4. The van der Waals surface area contributed by atoms with E-state index in [1.165, 1.54) is 4.68 Å². The zero-order chi connectivity index (χ0) is 15.5. The quantitative estimate of drug-likeness (QED) is 0.819. The summed E-state index contributed by atoms with van der Waals surface area (Å²) in [5, 5.41) is 4.01. The molecule has 114 valence electrons. The van der Waals surface area contributed by atoms with Crippen molar-refractivity contribution in [2.75, 3.05) is 0 Å². The zero-order valence-corrected chi connectivity index (χ0v) is 11.4. The SMILES string of the molecule is O=C(c1nc2n(n1)[C@H](c1ccccc1)C[C@@H]2F)[C@@H]1CC1(F)F. The number of carbonyl (C=O) groups is 1. The van der Waals surface area contributed by atoms with Gasteiger partial charge in [0, 0.05) is 12.8 Å². The molecule has 0 amide bonds. The lowest BCUT2D eigenvalue weighted by atomic mass is 10.0. The van der Waals surface area contributed by atoms with E-state index in [1.807, 2.05) is 30.3 Å². The molecule has 1 saturated carbocycles. The molecule has 0 N–H and O–H groups in total. The number of benzene rings is 1. The second-order valence-corrected chi connectivity index (χ2v) is 5.75. The van der Waals surface area contributed by atoms with E-state index in [-0.39, 0.29) is 24.1 Å². The van der Waals surface area contributed by atoms with Crippen LogP contribution in [0.4, 0.5) is 13.2 Å². The molecule has 0 spiro atoms. The molecule has 0 bridgehead atoms. The summed E-state index contributed by atoms with van der Waals surface area (Å²) in [6.45, 7) is 0. The normalized spacial score (nSPS) is 28.4. The Kier molecular flexibility index (Phi) is 2.70. The molecule has 2 aliphatic rings. The molecule has 2 heterocycles. The molecule has 1 fully saturated rings. The van der Waals surface area contributed by atoms with Crippen molar-refractivity contribution in [3.63, 3.8) is 0 Å². The van der Waals surface area contributed by atoms with Crippen molar-refractivity contribution in [1.29, 1.82) is 0 Å². The number of hydrogen-bond acceptors (Lipinski definition) is 3. The van der Waals surface area contributed by atoms with E-state index in [2.05, 4.69) is 10.1 Å². The first-order chi connectivity index (χ1) is 10.5. The lowest BCUT2D eigenvalue weighted by molar-refractivity contribution is 0.0748. The average Bonchev–Trinajstić information content (AvgIpc) is 2.87. The van der Waals surface area contributed by atoms with E-state index in [0.717, 1.165) is 5.56 Å². The molecular weight excluding hydrogens is 295 g/mol. The number of rotatable bonds is 3. The molecule has 7 heteroatoms. The van der Waals surface area contributed by atoms with Gasteiger partial charge in [0.25, 0.3) is 5.92 Å². The summed E-state index contributed by atoms with van der Waals surface area (Å²) < 4.78 is 41.5. The number of halogens is 3.